The lowest BCUT2D eigenvalue weighted by molar-refractivity contribution is -0.137. The van der Waals surface area contributed by atoms with Crippen molar-refractivity contribution in [3.63, 3.8) is 0 Å². The van der Waals surface area contributed by atoms with Crippen LogP contribution in [0.25, 0.3) is 0 Å². The van der Waals surface area contributed by atoms with Gasteiger partial charge in [0.1, 0.15) is 6.10 Å². The monoisotopic (exact) mass is 313 g/mol. The summed E-state index contributed by atoms with van der Waals surface area (Å²) in [5.74, 6) is -0.250. The molecule has 21 heavy (non-hydrogen) atoms. The molecule has 1 saturated heterocycles. The summed E-state index contributed by atoms with van der Waals surface area (Å²) in [7, 11) is -3.37. The molecule has 1 N–H and O–H groups in total. The molecule has 2 heterocycles. The van der Waals surface area contributed by atoms with Gasteiger partial charge in [-0.15, -0.1) is 0 Å². The lowest BCUT2D eigenvalue weighted by Gasteiger charge is -2.33. The highest BCUT2D eigenvalue weighted by molar-refractivity contribution is 7.88. The van der Waals surface area contributed by atoms with Crippen LogP contribution in [0.4, 0.5) is 0 Å². The summed E-state index contributed by atoms with van der Waals surface area (Å²) in [4.78, 5) is 17.8. The van der Waals surface area contributed by atoms with Crippen molar-refractivity contribution in [2.45, 2.75) is 13.0 Å². The molecule has 7 nitrogen and oxygen atoms in total. The Morgan fingerprint density at radius 1 is 1.57 bits per heavy atom. The Morgan fingerprint density at radius 3 is 3.00 bits per heavy atom. The van der Waals surface area contributed by atoms with Crippen molar-refractivity contribution in [3.8, 4) is 0 Å². The van der Waals surface area contributed by atoms with E-state index in [4.69, 9.17) is 4.74 Å². The Balaban J connectivity index is 1.99. The highest BCUT2D eigenvalue weighted by Crippen LogP contribution is 2.22. The zero-order chi connectivity index (χ0) is 15.5. The normalized spacial score (nSPS) is 19.5. The lowest BCUT2D eigenvalue weighted by Crippen LogP contribution is -2.46. The van der Waals surface area contributed by atoms with Crippen LogP contribution >= 0.6 is 0 Å². The van der Waals surface area contributed by atoms with Crippen LogP contribution in [-0.2, 0) is 19.6 Å². The van der Waals surface area contributed by atoms with E-state index in [2.05, 4.69) is 9.71 Å². The lowest BCUT2D eigenvalue weighted by atomic mass is 10.1. The smallest absolute Gasteiger partial charge is 0.237 e. The molecule has 0 spiro atoms. The minimum Gasteiger partial charge on any atom is -0.370 e. The van der Waals surface area contributed by atoms with Gasteiger partial charge in [-0.25, -0.2) is 13.1 Å². The molecule has 2 rings (SSSR count). The number of carbonyl (C=O) groups excluding carboxylic acids is 1. The van der Waals surface area contributed by atoms with E-state index in [0.29, 0.717) is 19.7 Å². The molecule has 1 fully saturated rings. The Labute approximate surface area is 124 Å². The molecule has 1 atom stereocenters. The molecule has 0 aliphatic carbocycles. The van der Waals surface area contributed by atoms with Gasteiger partial charge in [0, 0.05) is 18.4 Å². The van der Waals surface area contributed by atoms with Crippen molar-refractivity contribution in [1.29, 1.82) is 0 Å². The second kappa shape index (κ2) is 6.50. The van der Waals surface area contributed by atoms with Crippen molar-refractivity contribution in [2.75, 3.05) is 32.5 Å². The van der Waals surface area contributed by atoms with Gasteiger partial charge in [0.25, 0.3) is 0 Å². The molecule has 116 valence electrons. The molecule has 1 aromatic heterocycles. The predicted molar refractivity (Wildman–Crippen MR) is 77.1 cm³/mol. The SMILES string of the molecule is Cc1cc(C2CN(C(=O)CNS(C)(=O)=O)CCO2)ccn1. The molecule has 0 bridgehead atoms. The number of nitrogens with one attached hydrogen (secondary N) is 1. The predicted octanol–water partition coefficient (Wildman–Crippen LogP) is -0.161. The highest BCUT2D eigenvalue weighted by atomic mass is 32.2. The first-order valence-electron chi connectivity index (χ1n) is 6.62. The third-order valence-electron chi connectivity index (χ3n) is 3.20. The first-order valence-corrected chi connectivity index (χ1v) is 8.51. The number of ether oxygens (including phenoxy) is 1. The average Bonchev–Trinajstić information content (AvgIpc) is 2.44. The second-order valence-electron chi connectivity index (χ2n) is 5.02. The van der Waals surface area contributed by atoms with Crippen LogP contribution in [-0.4, -0.2) is 56.7 Å². The number of morpholine rings is 1. The number of hydrogen-bond acceptors (Lipinski definition) is 5. The van der Waals surface area contributed by atoms with E-state index >= 15 is 0 Å². The average molecular weight is 313 g/mol. The van der Waals surface area contributed by atoms with Crippen molar-refractivity contribution < 1.29 is 17.9 Å². The van der Waals surface area contributed by atoms with Crippen molar-refractivity contribution in [3.05, 3.63) is 29.6 Å². The fourth-order valence-electron chi connectivity index (χ4n) is 2.15. The summed E-state index contributed by atoms with van der Waals surface area (Å²) < 4.78 is 30.0. The topological polar surface area (TPSA) is 88.6 Å². The van der Waals surface area contributed by atoms with Gasteiger partial charge in [0.2, 0.25) is 15.9 Å². The molecule has 1 aliphatic heterocycles. The van der Waals surface area contributed by atoms with Crippen molar-refractivity contribution in [2.24, 2.45) is 0 Å². The van der Waals surface area contributed by atoms with Gasteiger partial charge in [-0.3, -0.25) is 9.78 Å². The summed E-state index contributed by atoms with van der Waals surface area (Å²) in [5, 5.41) is 0. The third kappa shape index (κ3) is 4.76. The zero-order valence-electron chi connectivity index (χ0n) is 12.1. The Bertz CT molecular complexity index is 618. The minimum atomic E-state index is -3.37. The van der Waals surface area contributed by atoms with Crippen LogP contribution in [0, 0.1) is 6.92 Å². The molecule has 1 aliphatic rings. The second-order valence-corrected chi connectivity index (χ2v) is 6.86. The molecular weight excluding hydrogens is 294 g/mol. The number of hydrogen-bond donors (Lipinski definition) is 1. The fraction of sp³-hybridized carbons (Fsp3) is 0.538. The van der Waals surface area contributed by atoms with Crippen LogP contribution in [0.1, 0.15) is 17.4 Å². The number of rotatable bonds is 4. The molecule has 0 aromatic carbocycles. The highest BCUT2D eigenvalue weighted by Gasteiger charge is 2.25. The van der Waals surface area contributed by atoms with E-state index in [-0.39, 0.29) is 18.6 Å². The Kier molecular flexibility index (Phi) is 4.92. The number of carbonyl (C=O) groups is 1. The Hall–Kier alpha value is -1.51. The summed E-state index contributed by atoms with van der Waals surface area (Å²) in [6, 6.07) is 3.79. The van der Waals surface area contributed by atoms with E-state index in [0.717, 1.165) is 17.5 Å². The maximum absolute atomic E-state index is 12.0. The molecule has 1 unspecified atom stereocenters. The standard InChI is InChI=1S/C13H19N3O4S/c1-10-7-11(3-4-14-10)12-9-16(5-6-20-12)13(17)8-15-21(2,18)19/h3-4,7,12,15H,5-6,8-9H2,1-2H3. The summed E-state index contributed by atoms with van der Waals surface area (Å²) in [5.41, 5.74) is 1.86. The largest absolute Gasteiger partial charge is 0.370 e. The molecule has 1 amide bonds. The van der Waals surface area contributed by atoms with Crippen molar-refractivity contribution >= 4 is 15.9 Å². The third-order valence-corrected chi connectivity index (χ3v) is 3.87. The maximum atomic E-state index is 12.0. The van der Waals surface area contributed by atoms with Crippen molar-refractivity contribution in [1.82, 2.24) is 14.6 Å². The zero-order valence-corrected chi connectivity index (χ0v) is 12.9. The van der Waals surface area contributed by atoms with Gasteiger partial charge in [-0.05, 0) is 24.6 Å². The number of aromatic nitrogens is 1. The van der Waals surface area contributed by atoms with Gasteiger partial charge in [0.05, 0.1) is 26.0 Å². The van der Waals surface area contributed by atoms with Gasteiger partial charge in [-0.2, -0.15) is 0 Å². The number of nitrogens with zero attached hydrogens (tertiary/aromatic N) is 2. The minimum absolute atomic E-state index is 0.206. The van der Waals surface area contributed by atoms with E-state index in [1.54, 1.807) is 11.1 Å². The molecule has 8 heteroatoms. The number of pyridine rings is 1. The van der Waals surface area contributed by atoms with E-state index < -0.39 is 10.0 Å². The number of amides is 1. The van der Waals surface area contributed by atoms with Crippen LogP contribution < -0.4 is 4.72 Å². The quantitative estimate of drug-likeness (QED) is 0.834. The molecule has 0 saturated carbocycles. The van der Waals surface area contributed by atoms with Gasteiger partial charge in [0.15, 0.2) is 0 Å². The van der Waals surface area contributed by atoms with Gasteiger partial charge < -0.3 is 9.64 Å². The maximum Gasteiger partial charge on any atom is 0.237 e. The van der Waals surface area contributed by atoms with Gasteiger partial charge in [-0.1, -0.05) is 0 Å². The number of sulfonamides is 1. The summed E-state index contributed by atoms with van der Waals surface area (Å²) in [6.07, 6.45) is 2.53. The molecule has 0 radical (unpaired) electrons. The van der Waals surface area contributed by atoms with Crippen LogP contribution in [0.3, 0.4) is 0 Å². The first kappa shape index (κ1) is 15.9. The van der Waals surface area contributed by atoms with Gasteiger partial charge >= 0.3 is 0 Å². The van der Waals surface area contributed by atoms with Crippen LogP contribution in [0.5, 0.6) is 0 Å². The molecular formula is C13H19N3O4S. The summed E-state index contributed by atoms with van der Waals surface area (Å²) >= 11 is 0. The van der Waals surface area contributed by atoms with E-state index in [1.165, 1.54) is 0 Å². The van der Waals surface area contributed by atoms with Crippen LogP contribution in [0.15, 0.2) is 18.3 Å². The Morgan fingerprint density at radius 2 is 2.33 bits per heavy atom. The van der Waals surface area contributed by atoms with E-state index in [9.17, 15) is 13.2 Å². The first-order chi connectivity index (χ1) is 9.85. The van der Waals surface area contributed by atoms with E-state index in [1.807, 2.05) is 19.1 Å². The fourth-order valence-corrected chi connectivity index (χ4v) is 2.54. The molecule has 1 aromatic rings. The summed E-state index contributed by atoms with van der Waals surface area (Å²) in [6.45, 7) is 2.97. The number of aryl methyl sites for hydroxylation is 1. The van der Waals surface area contributed by atoms with Crippen LogP contribution in [0.2, 0.25) is 0 Å².